The zero-order valence-corrected chi connectivity index (χ0v) is 24.5. The highest BCUT2D eigenvalue weighted by Crippen LogP contribution is 2.35. The minimum atomic E-state index is -4.57. The third kappa shape index (κ3) is 8.69. The fourth-order valence-electron chi connectivity index (χ4n) is 4.35. The number of alkyl carbamates (subject to hydrolysis) is 1. The molecule has 0 radical (unpaired) electrons. The summed E-state index contributed by atoms with van der Waals surface area (Å²) in [5.74, 6) is -0.967. The number of hydrogen-bond donors (Lipinski definition) is 3. The maximum absolute atomic E-state index is 13.7. The quantitative estimate of drug-likeness (QED) is 0.282. The van der Waals surface area contributed by atoms with Crippen LogP contribution >= 0.6 is 0 Å². The number of ether oxygens (including phenoxy) is 1. The minimum absolute atomic E-state index is 0.0318. The van der Waals surface area contributed by atoms with Crippen LogP contribution in [-0.2, 0) is 33.5 Å². The number of H-pyrrole nitrogens is 1. The van der Waals surface area contributed by atoms with Crippen molar-refractivity contribution in [3.05, 3.63) is 69.9 Å². The van der Waals surface area contributed by atoms with Gasteiger partial charge in [0.15, 0.2) is 0 Å². The molecule has 0 bridgehead atoms. The number of allylic oxidation sites excluding steroid dienone is 1. The van der Waals surface area contributed by atoms with Crippen molar-refractivity contribution >= 4 is 34.6 Å². The molecule has 0 unspecified atom stereocenters. The number of anilines is 1. The molecule has 3 heterocycles. The van der Waals surface area contributed by atoms with Crippen LogP contribution in [0, 0.1) is 5.92 Å². The van der Waals surface area contributed by atoms with Crippen LogP contribution in [0.4, 0.5) is 23.7 Å². The summed E-state index contributed by atoms with van der Waals surface area (Å²) in [6.07, 6.45) is 0.354. The fourth-order valence-corrected chi connectivity index (χ4v) is 4.35. The number of fused-ring (bicyclic) bond motifs is 1. The van der Waals surface area contributed by atoms with Gasteiger partial charge in [-0.1, -0.05) is 19.9 Å². The number of aromatic nitrogens is 3. The number of amides is 3. The number of likely N-dealkylation sites (N-methyl/N-ethyl adjacent to an activating group) is 1. The molecule has 1 atom stereocenters. The van der Waals surface area contributed by atoms with E-state index in [-0.39, 0.29) is 54.4 Å². The first-order valence-electron chi connectivity index (χ1n) is 13.5. The number of alkyl halides is 3. The van der Waals surface area contributed by atoms with E-state index >= 15 is 0 Å². The molecule has 3 aromatic rings. The largest absolute Gasteiger partial charge is 0.453 e. The number of halogens is 3. The molecule has 0 aliphatic carbocycles. The van der Waals surface area contributed by atoms with Crippen LogP contribution in [0.15, 0.2) is 47.5 Å². The van der Waals surface area contributed by atoms with E-state index in [2.05, 4.69) is 25.3 Å². The van der Waals surface area contributed by atoms with Crippen molar-refractivity contribution in [2.45, 2.75) is 51.9 Å². The lowest BCUT2D eigenvalue weighted by molar-refractivity contribution is -0.138. The lowest BCUT2D eigenvalue weighted by Gasteiger charge is -2.17. The van der Waals surface area contributed by atoms with Gasteiger partial charge in [-0.15, -0.1) is 0 Å². The van der Waals surface area contributed by atoms with E-state index < -0.39 is 35.3 Å². The van der Waals surface area contributed by atoms with Gasteiger partial charge < -0.3 is 29.8 Å². The average Bonchev–Trinajstić information content (AvgIpc) is 3.34. The van der Waals surface area contributed by atoms with Crippen LogP contribution in [0.2, 0.25) is 0 Å². The molecule has 14 heteroatoms. The van der Waals surface area contributed by atoms with Crippen molar-refractivity contribution in [3.8, 4) is 0 Å². The molecule has 3 aromatic heterocycles. The SMILES string of the molecule is COC(=O)N[C@@H](CC/C=C/C(=O)N(C)C)C(=O)Nc1cccn(Cc2cc3ncc(C(F)(F)F)c(CC(C)C)c3[nH]2)c1=O. The molecule has 232 valence electrons. The van der Waals surface area contributed by atoms with Gasteiger partial charge in [-0.3, -0.25) is 19.4 Å². The smallest absolute Gasteiger partial charge is 0.418 e. The standard InChI is InChI=1S/C29H35F3N6O5/c1-17(2)13-19-20(29(30,31)32)15-33-23-14-18(34-25(19)23)16-38-12-8-10-22(27(38)41)35-26(40)21(36-28(42)43-5)9-6-7-11-24(39)37(3)4/h7-8,10-12,14-15,17,21,34H,6,9,13,16H2,1-5H3,(H,35,40)(H,36,42)/b11-7+/t21-/m0/s1. The number of carbonyl (C=O) groups is 3. The summed E-state index contributed by atoms with van der Waals surface area (Å²) < 4.78 is 47.0. The topological polar surface area (TPSA) is 138 Å². The van der Waals surface area contributed by atoms with Crippen LogP contribution in [0.3, 0.4) is 0 Å². The Bertz CT molecular complexity index is 1560. The van der Waals surface area contributed by atoms with Crippen LogP contribution < -0.4 is 16.2 Å². The van der Waals surface area contributed by atoms with E-state index in [1.165, 1.54) is 33.9 Å². The Hall–Kier alpha value is -4.62. The first kappa shape index (κ1) is 32.9. The number of methoxy groups -OCH3 is 1. The number of nitrogens with one attached hydrogen (secondary N) is 3. The molecule has 0 aliphatic heterocycles. The summed E-state index contributed by atoms with van der Waals surface area (Å²) in [6, 6.07) is 3.43. The van der Waals surface area contributed by atoms with Crippen LogP contribution in [0.1, 0.15) is 43.5 Å². The second-order valence-corrected chi connectivity index (χ2v) is 10.5. The molecule has 0 saturated heterocycles. The van der Waals surface area contributed by atoms with Crippen LogP contribution in [-0.4, -0.2) is 64.6 Å². The van der Waals surface area contributed by atoms with Gasteiger partial charge in [0.1, 0.15) is 11.7 Å². The van der Waals surface area contributed by atoms with Gasteiger partial charge in [-0.05, 0) is 55.0 Å². The number of pyridine rings is 2. The highest BCUT2D eigenvalue weighted by molar-refractivity contribution is 5.96. The van der Waals surface area contributed by atoms with Gasteiger partial charge in [-0.2, -0.15) is 13.2 Å². The number of hydrogen-bond acceptors (Lipinski definition) is 6. The zero-order chi connectivity index (χ0) is 31.9. The molecular weight excluding hydrogens is 569 g/mol. The predicted molar refractivity (Wildman–Crippen MR) is 154 cm³/mol. The molecule has 3 amide bonds. The number of carbonyl (C=O) groups excluding carboxylic acids is 3. The molecule has 0 saturated carbocycles. The minimum Gasteiger partial charge on any atom is -0.453 e. The third-order valence-corrected chi connectivity index (χ3v) is 6.47. The van der Waals surface area contributed by atoms with E-state index in [4.69, 9.17) is 0 Å². The summed E-state index contributed by atoms with van der Waals surface area (Å²) >= 11 is 0. The van der Waals surface area contributed by atoms with E-state index in [0.717, 1.165) is 13.3 Å². The van der Waals surface area contributed by atoms with E-state index in [1.54, 1.807) is 26.2 Å². The number of nitrogens with zero attached hydrogens (tertiary/aromatic N) is 3. The van der Waals surface area contributed by atoms with Gasteiger partial charge in [-0.25, -0.2) is 4.79 Å². The summed E-state index contributed by atoms with van der Waals surface area (Å²) in [5, 5.41) is 4.94. The summed E-state index contributed by atoms with van der Waals surface area (Å²) in [5.41, 5.74) is -0.299. The first-order valence-corrected chi connectivity index (χ1v) is 13.5. The van der Waals surface area contributed by atoms with Crippen molar-refractivity contribution in [3.63, 3.8) is 0 Å². The fraction of sp³-hybridized carbons (Fsp3) is 0.414. The van der Waals surface area contributed by atoms with E-state index in [9.17, 15) is 32.3 Å². The first-order chi connectivity index (χ1) is 20.2. The third-order valence-electron chi connectivity index (χ3n) is 6.47. The second kappa shape index (κ2) is 14.0. The van der Waals surface area contributed by atoms with Crippen LogP contribution in [0.5, 0.6) is 0 Å². The Morgan fingerprint density at radius 1 is 1.23 bits per heavy atom. The highest BCUT2D eigenvalue weighted by Gasteiger charge is 2.35. The van der Waals surface area contributed by atoms with Crippen molar-refractivity contribution in [2.75, 3.05) is 26.5 Å². The molecule has 11 nitrogen and oxygen atoms in total. The molecule has 0 aliphatic rings. The molecule has 0 aromatic carbocycles. The maximum atomic E-state index is 13.7. The van der Waals surface area contributed by atoms with Gasteiger partial charge in [0.05, 0.1) is 30.3 Å². The van der Waals surface area contributed by atoms with Crippen molar-refractivity contribution < 1.29 is 32.3 Å². The Morgan fingerprint density at radius 3 is 2.58 bits per heavy atom. The van der Waals surface area contributed by atoms with Gasteiger partial charge in [0, 0.05) is 32.2 Å². The zero-order valence-electron chi connectivity index (χ0n) is 24.5. The normalized spacial score (nSPS) is 12.5. The number of aromatic amines is 1. The molecule has 3 rings (SSSR count). The second-order valence-electron chi connectivity index (χ2n) is 10.5. The summed E-state index contributed by atoms with van der Waals surface area (Å²) in [4.78, 5) is 58.2. The Labute approximate surface area is 246 Å². The lowest BCUT2D eigenvalue weighted by Crippen LogP contribution is -2.44. The van der Waals surface area contributed by atoms with Gasteiger partial charge >= 0.3 is 12.3 Å². The van der Waals surface area contributed by atoms with Crippen LogP contribution in [0.25, 0.3) is 11.0 Å². The maximum Gasteiger partial charge on any atom is 0.418 e. The van der Waals surface area contributed by atoms with E-state index in [1.807, 2.05) is 13.8 Å². The van der Waals surface area contributed by atoms with Gasteiger partial charge in [0.25, 0.3) is 5.56 Å². The van der Waals surface area contributed by atoms with Crippen molar-refractivity contribution in [2.24, 2.45) is 5.92 Å². The van der Waals surface area contributed by atoms with Crippen molar-refractivity contribution in [1.82, 2.24) is 24.8 Å². The molecule has 3 N–H and O–H groups in total. The summed E-state index contributed by atoms with van der Waals surface area (Å²) in [7, 11) is 4.33. The molecule has 43 heavy (non-hydrogen) atoms. The van der Waals surface area contributed by atoms with E-state index in [0.29, 0.717) is 11.2 Å². The van der Waals surface area contributed by atoms with Gasteiger partial charge in [0.2, 0.25) is 11.8 Å². The highest BCUT2D eigenvalue weighted by atomic mass is 19.4. The Morgan fingerprint density at radius 2 is 1.95 bits per heavy atom. The monoisotopic (exact) mass is 604 g/mol. The predicted octanol–water partition coefficient (Wildman–Crippen LogP) is 4.08. The van der Waals surface area contributed by atoms with Crippen molar-refractivity contribution in [1.29, 1.82) is 0 Å². The number of rotatable bonds is 11. The Kier molecular flexibility index (Phi) is 10.7. The average molecular weight is 605 g/mol. The molecular formula is C29H35F3N6O5. The summed E-state index contributed by atoms with van der Waals surface area (Å²) in [6.45, 7) is 3.61. The molecule has 0 spiro atoms. The molecule has 0 fully saturated rings. The Balaban J connectivity index is 1.83. The lowest BCUT2D eigenvalue weighted by atomic mass is 9.98.